The van der Waals surface area contributed by atoms with Crippen LogP contribution in [0.2, 0.25) is 0 Å². The van der Waals surface area contributed by atoms with Gasteiger partial charge in [0, 0.05) is 5.69 Å². The zero-order chi connectivity index (χ0) is 24.3. The van der Waals surface area contributed by atoms with Crippen molar-refractivity contribution in [1.29, 1.82) is 0 Å². The molecule has 3 aromatic carbocycles. The summed E-state index contributed by atoms with van der Waals surface area (Å²) < 4.78 is 0. The third-order valence-corrected chi connectivity index (χ3v) is 7.20. The molecule has 2 fully saturated rings. The van der Waals surface area contributed by atoms with Gasteiger partial charge < -0.3 is 5.32 Å². The van der Waals surface area contributed by atoms with Crippen LogP contribution < -0.4 is 10.2 Å². The number of anilines is 2. The molecule has 0 spiro atoms. The molecule has 0 aromatic heterocycles. The van der Waals surface area contributed by atoms with Crippen LogP contribution in [0.5, 0.6) is 0 Å². The molecule has 1 N–H and O–H groups in total. The number of hydrogen-bond donors (Lipinski definition) is 1. The maximum atomic E-state index is 13.9. The molecule has 0 saturated carbocycles. The van der Waals surface area contributed by atoms with E-state index in [1.54, 1.807) is 23.4 Å². The van der Waals surface area contributed by atoms with Gasteiger partial charge in [-0.05, 0) is 48.7 Å². The Hall–Kier alpha value is -4.26. The number of nitrogens with one attached hydrogen (secondary N) is 1. The van der Waals surface area contributed by atoms with Crippen molar-refractivity contribution in [3.63, 3.8) is 0 Å². The van der Waals surface area contributed by atoms with Gasteiger partial charge in [-0.1, -0.05) is 60.2 Å². The van der Waals surface area contributed by atoms with E-state index in [1.165, 1.54) is 4.90 Å². The molecule has 3 aliphatic heterocycles. The maximum Gasteiger partial charge on any atom is 0.249 e. The second kappa shape index (κ2) is 7.91. The van der Waals surface area contributed by atoms with Gasteiger partial charge in [0.2, 0.25) is 17.7 Å². The molecular weight excluding hydrogens is 440 g/mol. The number of aryl methyl sites for hydroxylation is 2. The summed E-state index contributed by atoms with van der Waals surface area (Å²) in [6, 6.07) is 21.1. The Morgan fingerprint density at radius 1 is 0.886 bits per heavy atom. The predicted molar refractivity (Wildman–Crippen MR) is 133 cm³/mol. The Labute approximate surface area is 203 Å². The lowest BCUT2D eigenvalue weighted by atomic mass is 9.85. The number of imide groups is 1. The molecule has 0 bridgehead atoms. The van der Waals surface area contributed by atoms with Crippen molar-refractivity contribution in [2.24, 2.45) is 16.9 Å². The van der Waals surface area contributed by atoms with Gasteiger partial charge in [-0.3, -0.25) is 19.4 Å². The van der Waals surface area contributed by atoms with Gasteiger partial charge in [0.25, 0.3) is 0 Å². The van der Waals surface area contributed by atoms with E-state index in [1.807, 2.05) is 74.5 Å². The first-order chi connectivity index (χ1) is 17.0. The van der Waals surface area contributed by atoms with E-state index in [-0.39, 0.29) is 17.7 Å². The highest BCUT2D eigenvalue weighted by atomic mass is 16.2. The molecule has 4 atom stereocenters. The van der Waals surface area contributed by atoms with E-state index in [0.717, 1.165) is 22.3 Å². The Balaban J connectivity index is 1.46. The van der Waals surface area contributed by atoms with Crippen LogP contribution in [0.25, 0.3) is 0 Å². The SMILES string of the molecule is Cc1ccc(N2C(=O)[C@H]3[C@@H](C2=O)C2c4ccccc4C=NN2[C@H]3C(=O)Nc2ccccc2)c(C)c1. The first kappa shape index (κ1) is 21.3. The van der Waals surface area contributed by atoms with Crippen LogP contribution in [0.1, 0.15) is 28.3 Å². The van der Waals surface area contributed by atoms with E-state index < -0.39 is 23.9 Å². The summed E-state index contributed by atoms with van der Waals surface area (Å²) in [4.78, 5) is 42.7. The summed E-state index contributed by atoms with van der Waals surface area (Å²) in [5, 5.41) is 9.16. The zero-order valence-corrected chi connectivity index (χ0v) is 19.4. The van der Waals surface area contributed by atoms with Crippen molar-refractivity contribution in [2.75, 3.05) is 10.2 Å². The second-order valence-corrected chi connectivity index (χ2v) is 9.35. The Kier molecular flexibility index (Phi) is 4.81. The summed E-state index contributed by atoms with van der Waals surface area (Å²) in [7, 11) is 0. The fourth-order valence-electron chi connectivity index (χ4n) is 5.70. The molecule has 7 nitrogen and oxygen atoms in total. The highest BCUT2D eigenvalue weighted by Gasteiger charge is 2.65. The van der Waals surface area contributed by atoms with E-state index in [4.69, 9.17) is 0 Å². The Bertz CT molecular complexity index is 1400. The number of nitrogens with zero attached hydrogens (tertiary/aromatic N) is 3. The van der Waals surface area contributed by atoms with Gasteiger partial charge in [0.15, 0.2) is 0 Å². The fraction of sp³-hybridized carbons (Fsp3) is 0.214. The molecule has 3 aromatic rings. The number of para-hydroxylation sites is 1. The third-order valence-electron chi connectivity index (χ3n) is 7.20. The fourth-order valence-corrected chi connectivity index (χ4v) is 5.70. The lowest BCUT2D eigenvalue weighted by molar-refractivity contribution is -0.129. The highest BCUT2D eigenvalue weighted by molar-refractivity contribution is 6.24. The minimum absolute atomic E-state index is 0.288. The summed E-state index contributed by atoms with van der Waals surface area (Å²) in [5.74, 6) is -2.56. The number of benzene rings is 3. The molecule has 0 aliphatic carbocycles. The van der Waals surface area contributed by atoms with Crippen molar-refractivity contribution < 1.29 is 14.4 Å². The van der Waals surface area contributed by atoms with Gasteiger partial charge in [0.05, 0.1) is 29.8 Å². The van der Waals surface area contributed by atoms with Crippen LogP contribution in [-0.4, -0.2) is 35.0 Å². The van der Waals surface area contributed by atoms with Gasteiger partial charge in [-0.25, -0.2) is 4.90 Å². The van der Waals surface area contributed by atoms with Crippen LogP contribution in [0.15, 0.2) is 77.9 Å². The average molecular weight is 465 g/mol. The summed E-state index contributed by atoms with van der Waals surface area (Å²) in [6.07, 6.45) is 1.70. The van der Waals surface area contributed by atoms with Crippen molar-refractivity contribution in [3.05, 3.63) is 95.1 Å². The molecule has 35 heavy (non-hydrogen) atoms. The molecule has 6 rings (SSSR count). The van der Waals surface area contributed by atoms with E-state index in [2.05, 4.69) is 10.4 Å². The molecule has 7 heteroatoms. The summed E-state index contributed by atoms with van der Waals surface area (Å²) in [5.41, 5.74) is 4.88. The topological polar surface area (TPSA) is 82.1 Å². The van der Waals surface area contributed by atoms with Crippen molar-refractivity contribution >= 4 is 35.3 Å². The molecule has 2 saturated heterocycles. The number of hydrogen-bond acceptors (Lipinski definition) is 5. The number of amides is 3. The van der Waals surface area contributed by atoms with Crippen molar-refractivity contribution in [2.45, 2.75) is 25.9 Å². The number of rotatable bonds is 3. The third kappa shape index (κ3) is 3.19. The lowest BCUT2D eigenvalue weighted by Crippen LogP contribution is -2.46. The molecule has 174 valence electrons. The van der Waals surface area contributed by atoms with Crippen LogP contribution in [0.3, 0.4) is 0 Å². The van der Waals surface area contributed by atoms with Crippen LogP contribution >= 0.6 is 0 Å². The minimum atomic E-state index is -0.915. The second-order valence-electron chi connectivity index (χ2n) is 9.35. The van der Waals surface area contributed by atoms with E-state index in [0.29, 0.717) is 11.4 Å². The van der Waals surface area contributed by atoms with Gasteiger partial charge in [0.1, 0.15) is 6.04 Å². The van der Waals surface area contributed by atoms with Gasteiger partial charge in [-0.2, -0.15) is 5.10 Å². The Morgan fingerprint density at radius 3 is 2.37 bits per heavy atom. The first-order valence-electron chi connectivity index (χ1n) is 11.7. The molecule has 3 aliphatic rings. The number of hydrazone groups is 1. The quantitative estimate of drug-likeness (QED) is 0.598. The molecule has 3 amide bonds. The average Bonchev–Trinajstić information content (AvgIpc) is 3.33. The van der Waals surface area contributed by atoms with Crippen LogP contribution in [0, 0.1) is 25.7 Å². The van der Waals surface area contributed by atoms with E-state index in [9.17, 15) is 14.4 Å². The molecule has 1 unspecified atom stereocenters. The van der Waals surface area contributed by atoms with Crippen molar-refractivity contribution in [3.8, 4) is 0 Å². The minimum Gasteiger partial charge on any atom is -0.324 e. The largest absolute Gasteiger partial charge is 0.324 e. The summed E-state index contributed by atoms with van der Waals surface area (Å²) in [6.45, 7) is 3.86. The monoisotopic (exact) mass is 464 g/mol. The van der Waals surface area contributed by atoms with Crippen LogP contribution in [-0.2, 0) is 14.4 Å². The Morgan fingerprint density at radius 2 is 1.60 bits per heavy atom. The number of carbonyl (C=O) groups is 3. The highest BCUT2D eigenvalue weighted by Crippen LogP contribution is 2.52. The smallest absolute Gasteiger partial charge is 0.249 e. The molecule has 0 radical (unpaired) electrons. The van der Waals surface area contributed by atoms with Gasteiger partial charge in [-0.15, -0.1) is 0 Å². The van der Waals surface area contributed by atoms with Gasteiger partial charge >= 0.3 is 0 Å². The first-order valence-corrected chi connectivity index (χ1v) is 11.7. The maximum absolute atomic E-state index is 13.9. The number of fused-ring (bicyclic) bond motifs is 5. The summed E-state index contributed by atoms with van der Waals surface area (Å²) >= 11 is 0. The zero-order valence-electron chi connectivity index (χ0n) is 19.4. The molecule has 3 heterocycles. The van der Waals surface area contributed by atoms with E-state index >= 15 is 0 Å². The molecular formula is C28H24N4O3. The standard InChI is InChI=1S/C28H24N4O3/c1-16-12-13-21(17(2)14-16)31-27(34)22-23(28(31)35)25(26(33)30-19-9-4-3-5-10-19)32-24(22)20-11-7-6-8-18(20)15-29-32/h3-15,22-25H,1-2H3,(H,30,33)/t22-,23+,24?,25-/m1/s1. The van der Waals surface area contributed by atoms with Crippen LogP contribution in [0.4, 0.5) is 11.4 Å². The predicted octanol–water partition coefficient (Wildman–Crippen LogP) is 3.82. The normalized spacial score (nSPS) is 24.3. The number of carbonyl (C=O) groups excluding carboxylic acids is 3. The van der Waals surface area contributed by atoms with Crippen molar-refractivity contribution in [1.82, 2.24) is 5.01 Å². The lowest BCUT2D eigenvalue weighted by Gasteiger charge is -2.33.